The number of methoxy groups -OCH3 is 2. The molecular weight excluding hydrogens is 1500 g/mol. The minimum atomic E-state index is -5.24. The molecule has 0 aliphatic rings. The van der Waals surface area contributed by atoms with E-state index in [2.05, 4.69) is 0 Å². The summed E-state index contributed by atoms with van der Waals surface area (Å²) in [5.74, 6) is -3.33. The molecule has 33 heteroatoms. The number of esters is 3. The van der Waals surface area contributed by atoms with Gasteiger partial charge < -0.3 is 54.3 Å². The Labute approximate surface area is 620 Å². The molecule has 0 saturated carbocycles. The number of hydrogen-bond acceptors (Lipinski definition) is 14. The van der Waals surface area contributed by atoms with E-state index in [1.807, 2.05) is 41.5 Å². The van der Waals surface area contributed by atoms with E-state index in [1.165, 1.54) is 70.5 Å². The van der Waals surface area contributed by atoms with Crippen molar-refractivity contribution < 1.29 is 152 Å². The lowest BCUT2D eigenvalue weighted by Gasteiger charge is -2.31. The van der Waals surface area contributed by atoms with Gasteiger partial charge in [0.1, 0.15) is 34.6 Å². The SMILES string of the molecule is CCC(C)(C)C(=O)Oc1cc(C(C)(O)C(F)(F)F)cc(C(C)(O)C(F)(F)F)c1.CCC(C)(C)C(=O)Oc1ccc(C(C)(O)C(F)(F)F)cc1.CCC(C)(C)C(=O)Oc1cccc(C(C)(O)C(F)(F)F)c1.CCC(C)c1cc(OC)c(C(C)(O)C(F)(F)F)c(OC)c1.CCC(C)c1ccc(C(C)(O)C(F)(F)F)c(F)c1. The van der Waals surface area contributed by atoms with Crippen LogP contribution in [0.25, 0.3) is 0 Å². The topological polar surface area (TPSA) is 219 Å². The Balaban J connectivity index is 0.000000686. The molecule has 6 N–H and O–H groups in total. The summed E-state index contributed by atoms with van der Waals surface area (Å²) >= 11 is 0. The molecule has 0 radical (unpaired) electrons. The Bertz CT molecular complexity index is 3730. The van der Waals surface area contributed by atoms with Gasteiger partial charge in [-0.05, 0) is 221 Å². The molecule has 14 nitrogen and oxygen atoms in total. The summed E-state index contributed by atoms with van der Waals surface area (Å²) in [4.78, 5) is 36.0. The molecule has 8 atom stereocenters. The maximum Gasteiger partial charge on any atom is 0.421 e. The van der Waals surface area contributed by atoms with Gasteiger partial charge in [0.2, 0.25) is 0 Å². The van der Waals surface area contributed by atoms with E-state index < -0.39 is 139 Å². The van der Waals surface area contributed by atoms with Crippen LogP contribution in [0.4, 0.5) is 83.4 Å². The van der Waals surface area contributed by atoms with E-state index in [9.17, 15) is 128 Å². The zero-order chi connectivity index (χ0) is 85.9. The van der Waals surface area contributed by atoms with Gasteiger partial charge in [-0.15, -0.1) is 0 Å². The van der Waals surface area contributed by atoms with Crippen LogP contribution in [0.5, 0.6) is 28.7 Å². The number of alkyl halides is 18. The highest BCUT2D eigenvalue weighted by molar-refractivity contribution is 5.79. The molecule has 0 bridgehead atoms. The zero-order valence-corrected chi connectivity index (χ0v) is 64.1. The number of carbonyl (C=O) groups is 3. The first-order chi connectivity index (χ1) is 48.8. The number of benzene rings is 5. The van der Waals surface area contributed by atoms with Crippen molar-refractivity contribution in [2.24, 2.45) is 16.2 Å². The Kier molecular flexibility index (Phi) is 33.2. The van der Waals surface area contributed by atoms with Gasteiger partial charge >= 0.3 is 55.0 Å². The highest BCUT2D eigenvalue weighted by Gasteiger charge is 2.58. The average molecular weight is 1600 g/mol. The standard InChI is InChI=1S/C18H22F6O4.C15H21F3O3.2C15H19F3O3.C13H16F4O/c1-6-14(2,3)13(25)28-12-8-10(15(4,26)17(19,20)21)7-11(9-12)16(5,27)18(22,23)24;1-6-9(2)10-7-11(20-4)13(12(8-10)21-5)14(3,19)15(16,17)18;1-5-13(2,3)12(19)21-11-8-6-10(7-9-11)14(4,20)15(16,17)18;1-5-13(2,3)12(19)21-11-8-6-7-10(9-11)14(4,20)15(16,17)18;1-4-8(2)9-5-6-10(11(14)7-9)12(3,18)13(15,16)17/h7-9,26-27H,6H2,1-5H3;7-9,19H,6H2,1-5H3;2*6-9,20H,5H2,1-4H3;5-8,18H,4H2,1-3H3. The highest BCUT2D eigenvalue weighted by atomic mass is 19.4. The van der Waals surface area contributed by atoms with Crippen LogP contribution in [0.15, 0.2) is 97.1 Å². The van der Waals surface area contributed by atoms with E-state index in [0.29, 0.717) is 84.6 Å². The Morgan fingerprint density at radius 1 is 0.349 bits per heavy atom. The van der Waals surface area contributed by atoms with Crippen LogP contribution in [-0.2, 0) is 48.0 Å². The van der Waals surface area contributed by atoms with Gasteiger partial charge in [-0.25, -0.2) is 4.39 Å². The molecule has 618 valence electrons. The van der Waals surface area contributed by atoms with Gasteiger partial charge in [0.15, 0.2) is 33.6 Å². The third-order valence-corrected chi connectivity index (χ3v) is 19.0. The number of halogens is 19. The Morgan fingerprint density at radius 3 is 0.982 bits per heavy atom. The monoisotopic (exact) mass is 1590 g/mol. The molecular formula is C76H97F19O14. The second-order valence-electron chi connectivity index (χ2n) is 28.8. The van der Waals surface area contributed by atoms with Gasteiger partial charge in [-0.2, -0.15) is 79.0 Å². The van der Waals surface area contributed by atoms with Crippen molar-refractivity contribution in [2.45, 2.75) is 246 Å². The first kappa shape index (κ1) is 99.5. The summed E-state index contributed by atoms with van der Waals surface area (Å²) in [7, 11) is 2.54. The molecule has 0 saturated heterocycles. The number of ether oxygens (including phenoxy) is 5. The predicted octanol–water partition coefficient (Wildman–Crippen LogP) is 20.3. The Morgan fingerprint density at radius 2 is 0.661 bits per heavy atom. The quantitative estimate of drug-likeness (QED) is 0.0229. The number of carbonyl (C=O) groups excluding carboxylic acids is 3. The van der Waals surface area contributed by atoms with Crippen LogP contribution in [-0.4, -0.2) is 99.8 Å². The lowest BCUT2D eigenvalue weighted by Crippen LogP contribution is -2.42. The molecule has 0 aromatic heterocycles. The van der Waals surface area contributed by atoms with Crippen molar-refractivity contribution in [3.8, 4) is 28.7 Å². The molecule has 0 spiro atoms. The molecule has 0 heterocycles. The van der Waals surface area contributed by atoms with Gasteiger partial charge in [0, 0.05) is 5.56 Å². The maximum atomic E-state index is 13.7. The number of aliphatic hydroxyl groups is 6. The summed E-state index contributed by atoms with van der Waals surface area (Å²) in [6.07, 6.45) is -26.8. The maximum absolute atomic E-state index is 13.7. The van der Waals surface area contributed by atoms with Crippen LogP contribution < -0.4 is 23.7 Å². The lowest BCUT2D eigenvalue weighted by atomic mass is 9.87. The van der Waals surface area contributed by atoms with Crippen molar-refractivity contribution >= 4 is 17.9 Å². The predicted molar refractivity (Wildman–Crippen MR) is 366 cm³/mol. The summed E-state index contributed by atoms with van der Waals surface area (Å²) in [5, 5.41) is 58.2. The molecule has 0 aliphatic carbocycles. The van der Waals surface area contributed by atoms with Crippen molar-refractivity contribution in [1.82, 2.24) is 0 Å². The smallest absolute Gasteiger partial charge is 0.421 e. The van der Waals surface area contributed by atoms with E-state index in [-0.39, 0.29) is 46.0 Å². The fourth-order valence-electron chi connectivity index (χ4n) is 8.45. The summed E-state index contributed by atoms with van der Waals surface area (Å²) in [5.41, 5.74) is -24.2. The molecule has 8 unspecified atom stereocenters. The van der Waals surface area contributed by atoms with Gasteiger partial charge in [-0.3, -0.25) is 14.4 Å². The lowest BCUT2D eigenvalue weighted by molar-refractivity contribution is -0.261. The first-order valence-electron chi connectivity index (χ1n) is 33.7. The zero-order valence-electron chi connectivity index (χ0n) is 64.1. The van der Waals surface area contributed by atoms with E-state index in [1.54, 1.807) is 34.6 Å². The summed E-state index contributed by atoms with van der Waals surface area (Å²) in [6, 6.07) is 17.6. The average Bonchev–Trinajstić information content (AvgIpc) is 0.768. The normalized spacial score (nSPS) is 16.5. The molecule has 0 amide bonds. The molecule has 5 aromatic rings. The van der Waals surface area contributed by atoms with Crippen molar-refractivity contribution in [2.75, 3.05) is 14.2 Å². The third-order valence-electron chi connectivity index (χ3n) is 19.0. The highest BCUT2D eigenvalue weighted by Crippen LogP contribution is 2.50. The van der Waals surface area contributed by atoms with E-state index in [4.69, 9.17) is 23.7 Å². The molecule has 0 fully saturated rings. The Hall–Kier alpha value is -7.46. The largest absolute Gasteiger partial charge is 0.496 e. The molecule has 5 aromatic carbocycles. The fourth-order valence-corrected chi connectivity index (χ4v) is 8.45. The molecule has 109 heavy (non-hydrogen) atoms. The second kappa shape index (κ2) is 36.4. The van der Waals surface area contributed by atoms with Crippen LogP contribution >= 0.6 is 0 Å². The minimum Gasteiger partial charge on any atom is -0.496 e. The van der Waals surface area contributed by atoms with Gasteiger partial charge in [0.25, 0.3) is 0 Å². The van der Waals surface area contributed by atoms with E-state index in [0.717, 1.165) is 54.8 Å². The molecule has 5 rings (SSSR count). The minimum absolute atomic E-state index is 0.0245. The van der Waals surface area contributed by atoms with Gasteiger partial charge in [-0.1, -0.05) is 84.9 Å². The van der Waals surface area contributed by atoms with Crippen molar-refractivity contribution in [3.05, 3.63) is 147 Å². The van der Waals surface area contributed by atoms with E-state index >= 15 is 0 Å². The molecule has 0 aliphatic heterocycles. The third kappa shape index (κ3) is 24.8. The van der Waals surface area contributed by atoms with Crippen LogP contribution in [0, 0.1) is 22.1 Å². The second-order valence-corrected chi connectivity index (χ2v) is 28.8. The summed E-state index contributed by atoms with van der Waals surface area (Å²) in [6.45, 7) is 26.0. The van der Waals surface area contributed by atoms with Crippen LogP contribution in [0.1, 0.15) is 220 Å². The van der Waals surface area contributed by atoms with Crippen molar-refractivity contribution in [1.29, 1.82) is 0 Å². The van der Waals surface area contributed by atoms with Crippen LogP contribution in [0.2, 0.25) is 0 Å². The number of rotatable bonds is 21. The van der Waals surface area contributed by atoms with Crippen molar-refractivity contribution in [3.63, 3.8) is 0 Å². The fraction of sp³-hybridized carbons (Fsp3) is 0.566. The first-order valence-corrected chi connectivity index (χ1v) is 33.7. The van der Waals surface area contributed by atoms with Gasteiger partial charge in [0.05, 0.1) is 36.0 Å². The summed E-state index contributed by atoms with van der Waals surface area (Å²) < 4.78 is 272. The number of hydrogen-bond donors (Lipinski definition) is 6. The van der Waals surface area contributed by atoms with Crippen LogP contribution in [0.3, 0.4) is 0 Å².